The molecular weight excluding hydrogens is 256 g/mol. The van der Waals surface area contributed by atoms with Gasteiger partial charge in [-0.25, -0.2) is 0 Å². The van der Waals surface area contributed by atoms with Crippen molar-refractivity contribution in [3.63, 3.8) is 0 Å². The van der Waals surface area contributed by atoms with E-state index in [0.29, 0.717) is 25.6 Å². The van der Waals surface area contributed by atoms with Gasteiger partial charge in [0.2, 0.25) is 0 Å². The van der Waals surface area contributed by atoms with Gasteiger partial charge in [0, 0.05) is 16.9 Å². The van der Waals surface area contributed by atoms with Gasteiger partial charge in [-0.2, -0.15) is 0 Å². The Morgan fingerprint density at radius 2 is 1.88 bits per heavy atom. The summed E-state index contributed by atoms with van der Waals surface area (Å²) in [4.78, 5) is 10.3. The van der Waals surface area contributed by atoms with Crippen LogP contribution in [-0.4, -0.2) is 36.8 Å². The van der Waals surface area contributed by atoms with Crippen LogP contribution in [-0.2, 0) is 14.3 Å². The van der Waals surface area contributed by atoms with Crippen molar-refractivity contribution in [1.82, 2.24) is 0 Å². The van der Waals surface area contributed by atoms with Crippen molar-refractivity contribution in [1.29, 1.82) is 0 Å². The molecule has 3 nitrogen and oxygen atoms in total. The minimum atomic E-state index is -0.133. The number of ether oxygens (including phenoxy) is 2. The molecule has 0 radical (unpaired) electrons. The summed E-state index contributed by atoms with van der Waals surface area (Å²) < 4.78 is 11.0. The summed E-state index contributed by atoms with van der Waals surface area (Å²) in [5.74, 6) is 2.44. The first-order valence-corrected chi connectivity index (χ1v) is 8.34. The third-order valence-electron chi connectivity index (χ3n) is 3.41. The van der Waals surface area contributed by atoms with Crippen LogP contribution in [0.15, 0.2) is 0 Å². The quantitative estimate of drug-likeness (QED) is 0.528. The van der Waals surface area contributed by atoms with Gasteiger partial charge >= 0.3 is 0 Å². The van der Waals surface area contributed by atoms with Gasteiger partial charge < -0.3 is 9.47 Å². The van der Waals surface area contributed by atoms with E-state index in [0.717, 1.165) is 11.5 Å². The van der Waals surface area contributed by atoms with E-state index in [1.54, 1.807) is 0 Å². The normalized spacial score (nSPS) is 19.6. The standard InChI is InChI=1S/C12H22O3S2/c1-10(2)11(3,4)15-6-12(5-14-9-13)7-16-17-8-12/h9-10H,5-8H2,1-4H3. The van der Waals surface area contributed by atoms with Crippen LogP contribution in [0, 0.1) is 11.3 Å². The molecule has 1 saturated heterocycles. The van der Waals surface area contributed by atoms with Crippen molar-refractivity contribution in [2.24, 2.45) is 11.3 Å². The van der Waals surface area contributed by atoms with Gasteiger partial charge in [0.25, 0.3) is 6.47 Å². The third-order valence-corrected chi connectivity index (χ3v) is 6.25. The van der Waals surface area contributed by atoms with Crippen molar-refractivity contribution in [3.05, 3.63) is 0 Å². The lowest BCUT2D eigenvalue weighted by molar-refractivity contribution is -0.135. The average molecular weight is 278 g/mol. The average Bonchev–Trinajstić information content (AvgIpc) is 2.73. The molecule has 0 aliphatic carbocycles. The lowest BCUT2D eigenvalue weighted by atomic mass is 9.92. The van der Waals surface area contributed by atoms with Gasteiger partial charge in [0.15, 0.2) is 0 Å². The van der Waals surface area contributed by atoms with Gasteiger partial charge in [-0.1, -0.05) is 35.4 Å². The SMILES string of the molecule is CC(C)C(C)(C)OCC1(COC=O)CSSC1. The summed E-state index contributed by atoms with van der Waals surface area (Å²) in [6, 6.07) is 0. The van der Waals surface area contributed by atoms with Crippen molar-refractivity contribution in [3.8, 4) is 0 Å². The minimum Gasteiger partial charge on any atom is -0.467 e. The Balaban J connectivity index is 2.52. The summed E-state index contributed by atoms with van der Waals surface area (Å²) in [7, 11) is 3.66. The van der Waals surface area contributed by atoms with Crippen molar-refractivity contribution in [2.75, 3.05) is 24.7 Å². The molecule has 0 N–H and O–H groups in total. The molecule has 0 atom stereocenters. The molecule has 0 aromatic heterocycles. The fourth-order valence-electron chi connectivity index (χ4n) is 1.30. The lowest BCUT2D eigenvalue weighted by Gasteiger charge is -2.35. The van der Waals surface area contributed by atoms with Gasteiger partial charge in [0.1, 0.15) is 6.61 Å². The number of carbonyl (C=O) groups excluding carboxylic acids is 1. The Morgan fingerprint density at radius 1 is 1.29 bits per heavy atom. The third kappa shape index (κ3) is 4.38. The molecule has 100 valence electrons. The van der Waals surface area contributed by atoms with Crippen LogP contribution in [0.25, 0.3) is 0 Å². The van der Waals surface area contributed by atoms with Crippen molar-refractivity contribution < 1.29 is 14.3 Å². The summed E-state index contributed by atoms with van der Waals surface area (Å²) in [6.45, 7) is 10.2. The van der Waals surface area contributed by atoms with E-state index in [4.69, 9.17) is 9.47 Å². The molecule has 0 aromatic carbocycles. The minimum absolute atomic E-state index is 0.0115. The maximum absolute atomic E-state index is 10.3. The first-order chi connectivity index (χ1) is 7.92. The largest absolute Gasteiger partial charge is 0.467 e. The van der Waals surface area contributed by atoms with E-state index in [2.05, 4.69) is 27.7 Å². The zero-order valence-electron chi connectivity index (χ0n) is 11.0. The van der Waals surface area contributed by atoms with Crippen LogP contribution in [0.3, 0.4) is 0 Å². The number of hydrogen-bond acceptors (Lipinski definition) is 5. The highest BCUT2D eigenvalue weighted by atomic mass is 33.1. The Labute approximate surface area is 112 Å². The topological polar surface area (TPSA) is 35.5 Å². The Bertz CT molecular complexity index is 248. The zero-order valence-corrected chi connectivity index (χ0v) is 12.7. The molecule has 17 heavy (non-hydrogen) atoms. The smallest absolute Gasteiger partial charge is 0.293 e. The molecule has 0 aromatic rings. The molecule has 5 heteroatoms. The molecule has 1 aliphatic rings. The summed E-state index contributed by atoms with van der Waals surface area (Å²) in [6.07, 6.45) is 0. The fraction of sp³-hybridized carbons (Fsp3) is 0.917. The van der Waals surface area contributed by atoms with E-state index in [-0.39, 0.29) is 11.0 Å². The Morgan fingerprint density at radius 3 is 2.35 bits per heavy atom. The first-order valence-electron chi connectivity index (χ1n) is 5.85. The van der Waals surface area contributed by atoms with Crippen molar-refractivity contribution in [2.45, 2.75) is 33.3 Å². The van der Waals surface area contributed by atoms with Crippen LogP contribution in [0.1, 0.15) is 27.7 Å². The van der Waals surface area contributed by atoms with E-state index in [9.17, 15) is 4.79 Å². The number of rotatable bonds is 7. The van der Waals surface area contributed by atoms with Crippen LogP contribution >= 0.6 is 21.6 Å². The second-order valence-electron chi connectivity index (χ2n) is 5.48. The van der Waals surface area contributed by atoms with Crippen LogP contribution in [0.2, 0.25) is 0 Å². The summed E-state index contributed by atoms with van der Waals surface area (Å²) in [5, 5.41) is 0. The summed E-state index contributed by atoms with van der Waals surface area (Å²) in [5.41, 5.74) is -0.144. The predicted octanol–water partition coefficient (Wildman–Crippen LogP) is 2.99. The first kappa shape index (κ1) is 15.2. The maximum Gasteiger partial charge on any atom is 0.293 e. The monoisotopic (exact) mass is 278 g/mol. The van der Waals surface area contributed by atoms with E-state index < -0.39 is 0 Å². The molecule has 0 bridgehead atoms. The molecular formula is C12H22O3S2. The molecule has 1 aliphatic heterocycles. The van der Waals surface area contributed by atoms with Crippen LogP contribution in [0.4, 0.5) is 0 Å². The Kier molecular flexibility index (Phi) is 5.67. The van der Waals surface area contributed by atoms with Crippen LogP contribution in [0.5, 0.6) is 0 Å². The van der Waals surface area contributed by atoms with Crippen LogP contribution < -0.4 is 0 Å². The van der Waals surface area contributed by atoms with Gasteiger partial charge in [-0.15, -0.1) is 0 Å². The van der Waals surface area contributed by atoms with Gasteiger partial charge in [0.05, 0.1) is 12.2 Å². The highest BCUT2D eigenvalue weighted by Gasteiger charge is 2.38. The maximum atomic E-state index is 10.3. The van der Waals surface area contributed by atoms with E-state index >= 15 is 0 Å². The second-order valence-corrected chi connectivity index (χ2v) is 7.94. The van der Waals surface area contributed by atoms with E-state index in [1.807, 2.05) is 21.6 Å². The van der Waals surface area contributed by atoms with Crippen molar-refractivity contribution >= 4 is 28.1 Å². The second kappa shape index (κ2) is 6.34. The molecule has 0 spiro atoms. The Hall–Kier alpha value is 0.130. The zero-order chi connectivity index (χ0) is 12.9. The molecule has 1 fully saturated rings. The highest BCUT2D eigenvalue weighted by molar-refractivity contribution is 8.77. The van der Waals surface area contributed by atoms with E-state index in [1.165, 1.54) is 0 Å². The lowest BCUT2D eigenvalue weighted by Crippen LogP contribution is -2.41. The predicted molar refractivity (Wildman–Crippen MR) is 74.2 cm³/mol. The molecule has 1 heterocycles. The van der Waals surface area contributed by atoms with Gasteiger partial charge in [-0.3, -0.25) is 4.79 Å². The molecule has 0 unspecified atom stereocenters. The van der Waals surface area contributed by atoms with Gasteiger partial charge in [-0.05, 0) is 19.8 Å². The summed E-state index contributed by atoms with van der Waals surface area (Å²) >= 11 is 0. The fourth-order valence-corrected chi connectivity index (χ4v) is 4.63. The highest BCUT2D eigenvalue weighted by Crippen LogP contribution is 2.44. The number of hydrogen-bond donors (Lipinski definition) is 0. The molecule has 0 amide bonds. The molecule has 0 saturated carbocycles. The number of carbonyl (C=O) groups is 1. The molecule has 1 rings (SSSR count).